The van der Waals surface area contributed by atoms with Crippen molar-refractivity contribution in [2.75, 3.05) is 0 Å². The van der Waals surface area contributed by atoms with Gasteiger partial charge in [-0.1, -0.05) is 170 Å². The quantitative estimate of drug-likeness (QED) is 0.129. The van der Waals surface area contributed by atoms with Crippen LogP contribution in [0, 0.1) is 0 Å². The maximum absolute atomic E-state index is 4.99. The van der Waals surface area contributed by atoms with Crippen molar-refractivity contribution in [2.24, 2.45) is 0 Å². The van der Waals surface area contributed by atoms with Gasteiger partial charge in [-0.3, -0.25) is 4.98 Å². The molecule has 0 fully saturated rings. The van der Waals surface area contributed by atoms with E-state index in [1.54, 1.807) is 6.20 Å². The molecule has 0 saturated heterocycles. The number of nitrogens with zero attached hydrogens (tertiary/aromatic N) is 4. The first kappa shape index (κ1) is 31.4. The van der Waals surface area contributed by atoms with Crippen molar-refractivity contribution in [3.8, 4) is 67.5 Å². The second kappa shape index (κ2) is 13.4. The number of pyridine rings is 1. The fourth-order valence-electron chi connectivity index (χ4n) is 7.48. The molecule has 54 heavy (non-hydrogen) atoms. The Hall–Kier alpha value is -7.30. The molecule has 0 aliphatic carbocycles. The minimum absolute atomic E-state index is 0.630. The van der Waals surface area contributed by atoms with E-state index in [1.165, 1.54) is 43.4 Å². The van der Waals surface area contributed by atoms with Gasteiger partial charge in [-0.2, -0.15) is 0 Å². The topological polar surface area (TPSA) is 51.6 Å². The zero-order valence-electron chi connectivity index (χ0n) is 29.3. The first-order valence-corrected chi connectivity index (χ1v) is 18.1. The summed E-state index contributed by atoms with van der Waals surface area (Å²) in [6, 6.07) is 64.1. The van der Waals surface area contributed by atoms with Crippen molar-refractivity contribution in [1.29, 1.82) is 0 Å². The summed E-state index contributed by atoms with van der Waals surface area (Å²) in [5, 5.41) is 7.57. The average Bonchev–Trinajstić information content (AvgIpc) is 3.26. The van der Waals surface area contributed by atoms with E-state index in [0.717, 1.165) is 38.9 Å². The summed E-state index contributed by atoms with van der Waals surface area (Å²) in [4.78, 5) is 19.1. The summed E-state index contributed by atoms with van der Waals surface area (Å²) in [7, 11) is 0. The molecule has 4 heteroatoms. The fourth-order valence-corrected chi connectivity index (χ4v) is 7.48. The molecule has 8 aromatic carbocycles. The number of aromatic nitrogens is 4. The van der Waals surface area contributed by atoms with Gasteiger partial charge in [0.25, 0.3) is 0 Å². The van der Waals surface area contributed by atoms with Crippen molar-refractivity contribution < 1.29 is 0 Å². The number of hydrogen-bond acceptors (Lipinski definition) is 4. The van der Waals surface area contributed by atoms with Crippen molar-refractivity contribution in [3.63, 3.8) is 0 Å². The molecule has 0 amide bonds. The van der Waals surface area contributed by atoms with Crippen LogP contribution in [0.5, 0.6) is 0 Å². The zero-order chi connectivity index (χ0) is 35.8. The first-order chi connectivity index (χ1) is 26.7. The van der Waals surface area contributed by atoms with Crippen molar-refractivity contribution in [3.05, 3.63) is 194 Å². The molecule has 0 atom stereocenters. The Balaban J connectivity index is 1.01. The molecule has 10 aromatic rings. The Morgan fingerprint density at radius 2 is 0.759 bits per heavy atom. The Labute approximate surface area is 313 Å². The summed E-state index contributed by atoms with van der Waals surface area (Å²) in [5.74, 6) is 1.90. The van der Waals surface area contributed by atoms with Crippen LogP contribution >= 0.6 is 0 Å². The van der Waals surface area contributed by atoms with Gasteiger partial charge in [0.1, 0.15) is 0 Å². The van der Waals surface area contributed by atoms with Crippen LogP contribution < -0.4 is 0 Å². The van der Waals surface area contributed by atoms with E-state index in [9.17, 15) is 0 Å². The van der Waals surface area contributed by atoms with Gasteiger partial charge < -0.3 is 0 Å². The third kappa shape index (κ3) is 5.76. The van der Waals surface area contributed by atoms with Crippen LogP contribution in [0.4, 0.5) is 0 Å². The van der Waals surface area contributed by atoms with Crippen LogP contribution in [0.1, 0.15) is 0 Å². The molecule has 0 bridgehead atoms. The van der Waals surface area contributed by atoms with Gasteiger partial charge in [0.05, 0.1) is 0 Å². The van der Waals surface area contributed by atoms with Gasteiger partial charge in [0, 0.05) is 29.1 Å². The monoisotopic (exact) mass is 688 g/mol. The lowest BCUT2D eigenvalue weighted by atomic mass is 9.88. The largest absolute Gasteiger partial charge is 0.264 e. The van der Waals surface area contributed by atoms with E-state index in [1.807, 2.05) is 42.6 Å². The molecule has 252 valence electrons. The van der Waals surface area contributed by atoms with Crippen LogP contribution in [-0.4, -0.2) is 19.9 Å². The second-order valence-corrected chi connectivity index (χ2v) is 13.5. The molecule has 0 spiro atoms. The van der Waals surface area contributed by atoms with Gasteiger partial charge in [0.2, 0.25) is 0 Å². The van der Waals surface area contributed by atoms with Crippen LogP contribution in [0.2, 0.25) is 0 Å². The second-order valence-electron chi connectivity index (χ2n) is 13.5. The van der Waals surface area contributed by atoms with E-state index in [0.29, 0.717) is 17.5 Å². The molecule has 0 radical (unpaired) electrons. The van der Waals surface area contributed by atoms with Gasteiger partial charge in [-0.05, 0) is 77.8 Å². The standard InChI is InChI=1S/C50H32N4/c1-2-10-38(11-3-1)48-52-49(54-50(53-48)40-27-20-35(21-28-40)43-13-8-30-51-32-43)39-25-18-34(19-26-39)33-16-23-37(24-17-33)46-45-15-7-5-12-41(45)31-42-29-22-36-9-4-6-14-44(36)47(42)46/h1-32H. The smallest absolute Gasteiger partial charge is 0.164 e. The molecular formula is C50H32N4. The maximum Gasteiger partial charge on any atom is 0.164 e. The molecule has 0 saturated carbocycles. The van der Waals surface area contributed by atoms with E-state index in [2.05, 4.69) is 151 Å². The molecule has 0 unspecified atom stereocenters. The zero-order valence-corrected chi connectivity index (χ0v) is 29.3. The number of hydrogen-bond donors (Lipinski definition) is 0. The number of fused-ring (bicyclic) bond motifs is 4. The van der Waals surface area contributed by atoms with E-state index >= 15 is 0 Å². The van der Waals surface area contributed by atoms with Crippen molar-refractivity contribution in [1.82, 2.24) is 19.9 Å². The molecule has 2 heterocycles. The van der Waals surface area contributed by atoms with Crippen molar-refractivity contribution >= 4 is 32.3 Å². The highest BCUT2D eigenvalue weighted by molar-refractivity contribution is 6.21. The number of rotatable bonds is 6. The highest BCUT2D eigenvalue weighted by Gasteiger charge is 2.15. The van der Waals surface area contributed by atoms with E-state index in [4.69, 9.17) is 15.0 Å². The van der Waals surface area contributed by atoms with E-state index in [-0.39, 0.29) is 0 Å². The van der Waals surface area contributed by atoms with Crippen LogP contribution in [-0.2, 0) is 0 Å². The summed E-state index contributed by atoms with van der Waals surface area (Å²) in [6.07, 6.45) is 3.66. The average molecular weight is 689 g/mol. The minimum atomic E-state index is 0.630. The normalized spacial score (nSPS) is 11.3. The first-order valence-electron chi connectivity index (χ1n) is 18.1. The Morgan fingerprint density at radius 3 is 1.37 bits per heavy atom. The Morgan fingerprint density at radius 1 is 0.296 bits per heavy atom. The lowest BCUT2D eigenvalue weighted by molar-refractivity contribution is 1.07. The highest BCUT2D eigenvalue weighted by atomic mass is 15.0. The predicted octanol–water partition coefficient (Wildman–Crippen LogP) is 12.7. The maximum atomic E-state index is 4.99. The predicted molar refractivity (Wildman–Crippen MR) is 223 cm³/mol. The lowest BCUT2D eigenvalue weighted by Crippen LogP contribution is -2.00. The minimum Gasteiger partial charge on any atom is -0.264 e. The van der Waals surface area contributed by atoms with Gasteiger partial charge >= 0.3 is 0 Å². The summed E-state index contributed by atoms with van der Waals surface area (Å²) in [5.41, 5.74) is 9.70. The molecule has 0 N–H and O–H groups in total. The lowest BCUT2D eigenvalue weighted by Gasteiger charge is -2.15. The van der Waals surface area contributed by atoms with Gasteiger partial charge in [0.15, 0.2) is 17.5 Å². The van der Waals surface area contributed by atoms with Gasteiger partial charge in [-0.15, -0.1) is 0 Å². The summed E-state index contributed by atoms with van der Waals surface area (Å²) >= 11 is 0. The SMILES string of the molecule is c1ccc(-c2nc(-c3ccc(-c4ccc(-c5c6ccccc6cc6ccc7ccccc7c56)cc4)cc3)nc(-c3ccc(-c4cccnc4)cc3)n2)cc1. The Bertz CT molecular complexity index is 2940. The fraction of sp³-hybridized carbons (Fsp3) is 0. The van der Waals surface area contributed by atoms with Gasteiger partial charge in [-0.25, -0.2) is 15.0 Å². The third-order valence-corrected chi connectivity index (χ3v) is 10.2. The van der Waals surface area contributed by atoms with Crippen LogP contribution in [0.3, 0.4) is 0 Å². The van der Waals surface area contributed by atoms with Crippen LogP contribution in [0.15, 0.2) is 194 Å². The molecule has 10 rings (SSSR count). The summed E-state index contributed by atoms with van der Waals surface area (Å²) in [6.45, 7) is 0. The number of benzene rings is 8. The molecule has 2 aromatic heterocycles. The molecule has 0 aliphatic rings. The highest BCUT2D eigenvalue weighted by Crippen LogP contribution is 2.41. The Kier molecular flexibility index (Phi) is 7.77. The van der Waals surface area contributed by atoms with Crippen LogP contribution in [0.25, 0.3) is 99.9 Å². The molecular weight excluding hydrogens is 657 g/mol. The van der Waals surface area contributed by atoms with E-state index < -0.39 is 0 Å². The molecule has 0 aliphatic heterocycles. The summed E-state index contributed by atoms with van der Waals surface area (Å²) < 4.78 is 0. The van der Waals surface area contributed by atoms with Crippen molar-refractivity contribution in [2.45, 2.75) is 0 Å². The third-order valence-electron chi connectivity index (χ3n) is 10.2. The molecule has 4 nitrogen and oxygen atoms in total.